The van der Waals surface area contributed by atoms with Gasteiger partial charge in [0.1, 0.15) is 0 Å². The highest BCUT2D eigenvalue weighted by Crippen LogP contribution is 2.44. The number of rotatable bonds is 3. The van der Waals surface area contributed by atoms with Gasteiger partial charge in [-0.05, 0) is 95.5 Å². The molecule has 0 radical (unpaired) electrons. The number of benzene rings is 8. The van der Waals surface area contributed by atoms with Crippen molar-refractivity contribution in [3.8, 4) is 33.4 Å². The Hall–Kier alpha value is -5.20. The molecule has 0 bridgehead atoms. The second-order valence-corrected chi connectivity index (χ2v) is 11.0. The smallest absolute Gasteiger partial charge is 0.00262 e. The zero-order chi connectivity index (χ0) is 27.3. The van der Waals surface area contributed by atoms with Crippen molar-refractivity contribution in [3.63, 3.8) is 0 Å². The maximum absolute atomic E-state index is 2.35. The molecule has 0 aliphatic rings. The van der Waals surface area contributed by atoms with Crippen LogP contribution >= 0.6 is 0 Å². The highest BCUT2D eigenvalue weighted by molar-refractivity contribution is 6.21. The van der Waals surface area contributed by atoms with E-state index in [0.717, 1.165) is 0 Å². The molecule has 0 atom stereocenters. The lowest BCUT2D eigenvalue weighted by atomic mass is 9.85. The summed E-state index contributed by atoms with van der Waals surface area (Å²) in [5.74, 6) is 0. The fourth-order valence-corrected chi connectivity index (χ4v) is 6.47. The summed E-state index contributed by atoms with van der Waals surface area (Å²) in [5.41, 5.74) is 8.85. The predicted molar refractivity (Wildman–Crippen MR) is 178 cm³/mol. The van der Waals surface area contributed by atoms with Crippen molar-refractivity contribution in [2.75, 3.05) is 0 Å². The molecule has 0 saturated heterocycles. The van der Waals surface area contributed by atoms with Crippen LogP contribution in [-0.4, -0.2) is 0 Å². The van der Waals surface area contributed by atoms with E-state index in [-0.39, 0.29) is 0 Å². The molecule has 0 N–H and O–H groups in total. The monoisotopic (exact) mass is 520 g/mol. The van der Waals surface area contributed by atoms with E-state index >= 15 is 0 Å². The van der Waals surface area contributed by atoms with Crippen molar-refractivity contribution in [1.82, 2.24) is 0 Å². The van der Waals surface area contributed by atoms with Gasteiger partial charge < -0.3 is 0 Å². The van der Waals surface area contributed by atoms with Gasteiger partial charge in [-0.25, -0.2) is 0 Å². The van der Waals surface area contributed by atoms with Crippen molar-refractivity contribution >= 4 is 43.1 Å². The number of fused-ring (bicyclic) bond motifs is 4. The van der Waals surface area contributed by atoms with Crippen LogP contribution in [0.4, 0.5) is 0 Å². The molecule has 0 saturated carbocycles. The van der Waals surface area contributed by atoms with E-state index in [0.29, 0.717) is 0 Å². The van der Waals surface area contributed by atoms with E-state index in [2.05, 4.69) is 159 Å². The Morgan fingerprint density at radius 2 is 0.707 bits per heavy atom. The van der Waals surface area contributed by atoms with Gasteiger partial charge in [0.15, 0.2) is 0 Å². The number of hydrogen-bond acceptors (Lipinski definition) is 0. The maximum atomic E-state index is 2.35. The van der Waals surface area contributed by atoms with Crippen LogP contribution in [0.5, 0.6) is 0 Å². The molecule has 8 rings (SSSR count). The Morgan fingerprint density at radius 3 is 1.39 bits per heavy atom. The normalized spacial score (nSPS) is 11.5. The van der Waals surface area contributed by atoms with Gasteiger partial charge in [-0.1, -0.05) is 145 Å². The molecule has 0 fully saturated rings. The van der Waals surface area contributed by atoms with Crippen molar-refractivity contribution in [2.45, 2.75) is 6.92 Å². The van der Waals surface area contributed by atoms with E-state index in [4.69, 9.17) is 0 Å². The predicted octanol–water partition coefficient (Wildman–Crippen LogP) is 11.6. The topological polar surface area (TPSA) is 0 Å². The average Bonchev–Trinajstić information content (AvgIpc) is 3.03. The molecule has 0 aliphatic heterocycles. The van der Waals surface area contributed by atoms with Gasteiger partial charge in [0.2, 0.25) is 0 Å². The van der Waals surface area contributed by atoms with Crippen LogP contribution in [0, 0.1) is 6.92 Å². The maximum Gasteiger partial charge on any atom is -0.00262 e. The molecule has 41 heavy (non-hydrogen) atoms. The van der Waals surface area contributed by atoms with Gasteiger partial charge >= 0.3 is 0 Å². The van der Waals surface area contributed by atoms with Crippen LogP contribution in [0.1, 0.15) is 5.56 Å². The molecule has 0 unspecified atom stereocenters. The first-order valence-corrected chi connectivity index (χ1v) is 14.3. The molecule has 0 aromatic heterocycles. The second-order valence-electron chi connectivity index (χ2n) is 11.0. The lowest BCUT2D eigenvalue weighted by Crippen LogP contribution is -1.91. The van der Waals surface area contributed by atoms with Gasteiger partial charge in [-0.3, -0.25) is 0 Å². The molecular formula is C41H28. The minimum Gasteiger partial charge on any atom is -0.0616 e. The largest absolute Gasteiger partial charge is 0.0616 e. The molecule has 192 valence electrons. The van der Waals surface area contributed by atoms with Gasteiger partial charge in [-0.2, -0.15) is 0 Å². The first kappa shape index (κ1) is 23.7. The third-order valence-corrected chi connectivity index (χ3v) is 8.47. The van der Waals surface area contributed by atoms with Crippen LogP contribution in [-0.2, 0) is 0 Å². The third-order valence-electron chi connectivity index (χ3n) is 8.47. The lowest BCUT2D eigenvalue weighted by molar-refractivity contribution is 1.51. The minimum atomic E-state index is 1.23. The summed E-state index contributed by atoms with van der Waals surface area (Å²) in [4.78, 5) is 0. The van der Waals surface area contributed by atoms with Crippen molar-refractivity contribution < 1.29 is 0 Å². The fraction of sp³-hybridized carbons (Fsp3) is 0.0244. The summed E-state index contributed by atoms with van der Waals surface area (Å²) in [6.45, 7) is 2.15. The molecule has 0 amide bonds. The van der Waals surface area contributed by atoms with E-state index in [1.54, 1.807) is 0 Å². The fourth-order valence-electron chi connectivity index (χ4n) is 6.47. The highest BCUT2D eigenvalue weighted by Gasteiger charge is 2.16. The van der Waals surface area contributed by atoms with Crippen LogP contribution in [0.15, 0.2) is 152 Å². The van der Waals surface area contributed by atoms with Gasteiger partial charge in [0.05, 0.1) is 0 Å². The summed E-state index contributed by atoms with van der Waals surface area (Å²) in [6, 6.07) is 55.8. The Labute approximate surface area is 240 Å². The van der Waals surface area contributed by atoms with Crippen LogP contribution in [0.3, 0.4) is 0 Å². The van der Waals surface area contributed by atoms with Crippen LogP contribution in [0.2, 0.25) is 0 Å². The van der Waals surface area contributed by atoms with Gasteiger partial charge in [0, 0.05) is 0 Å². The number of aryl methyl sites for hydroxylation is 1. The van der Waals surface area contributed by atoms with Crippen molar-refractivity contribution in [1.29, 1.82) is 0 Å². The third kappa shape index (κ3) is 4.00. The van der Waals surface area contributed by atoms with Crippen molar-refractivity contribution in [3.05, 3.63) is 157 Å². The quantitative estimate of drug-likeness (QED) is 0.203. The van der Waals surface area contributed by atoms with E-state index in [1.807, 2.05) is 0 Å². The Kier molecular flexibility index (Phi) is 5.47. The second kappa shape index (κ2) is 9.47. The first-order chi connectivity index (χ1) is 20.2. The summed E-state index contributed by atoms with van der Waals surface area (Å²) < 4.78 is 0. The van der Waals surface area contributed by atoms with E-state index < -0.39 is 0 Å². The Balaban J connectivity index is 1.33. The molecule has 8 aromatic rings. The Bertz CT molecular complexity index is 2190. The zero-order valence-corrected chi connectivity index (χ0v) is 22.9. The van der Waals surface area contributed by atoms with Crippen LogP contribution in [0.25, 0.3) is 76.5 Å². The van der Waals surface area contributed by atoms with Crippen LogP contribution < -0.4 is 0 Å². The molecular weight excluding hydrogens is 492 g/mol. The summed E-state index contributed by atoms with van der Waals surface area (Å²) >= 11 is 0. The standard InChI is InChI=1S/C41H28/c1-27-14-15-34-26-35(23-22-32(34)24-27)41-38-12-6-4-10-36(38)40(37-11-5-7-13-39(37)41)30-19-16-29(17-20-30)33-21-18-28-8-2-3-9-31(28)25-33/h2-26H,1H3. The SMILES string of the molecule is Cc1ccc2cc(-c3c4ccccc4c(-c4ccc(-c5ccc6ccccc6c5)cc4)c4ccccc34)ccc2c1. The summed E-state index contributed by atoms with van der Waals surface area (Å²) in [7, 11) is 0. The highest BCUT2D eigenvalue weighted by atomic mass is 14.2. The zero-order valence-electron chi connectivity index (χ0n) is 22.9. The van der Waals surface area contributed by atoms with Gasteiger partial charge in [-0.15, -0.1) is 0 Å². The summed E-state index contributed by atoms with van der Waals surface area (Å²) in [6.07, 6.45) is 0. The van der Waals surface area contributed by atoms with Gasteiger partial charge in [0.25, 0.3) is 0 Å². The first-order valence-electron chi connectivity index (χ1n) is 14.3. The summed E-state index contributed by atoms with van der Waals surface area (Å²) in [5, 5.41) is 10.2. The number of hydrogen-bond donors (Lipinski definition) is 0. The average molecular weight is 521 g/mol. The minimum absolute atomic E-state index is 1.23. The molecule has 0 heterocycles. The molecule has 0 aliphatic carbocycles. The molecule has 0 spiro atoms. The lowest BCUT2D eigenvalue weighted by Gasteiger charge is -2.18. The van der Waals surface area contributed by atoms with E-state index in [9.17, 15) is 0 Å². The molecule has 0 nitrogen and oxygen atoms in total. The Morgan fingerprint density at radius 1 is 0.293 bits per heavy atom. The molecule has 8 aromatic carbocycles. The van der Waals surface area contributed by atoms with Crippen molar-refractivity contribution in [2.24, 2.45) is 0 Å². The van der Waals surface area contributed by atoms with E-state index in [1.165, 1.54) is 82.0 Å². The molecule has 0 heteroatoms.